The smallest absolute Gasteiger partial charge is 0.220 e. The molecule has 4 heteroatoms. The molecule has 0 aromatic carbocycles. The number of nitrogens with one attached hydrogen (secondary N) is 1. The number of hydrogen-bond acceptors (Lipinski definition) is 3. The summed E-state index contributed by atoms with van der Waals surface area (Å²) in [5.41, 5.74) is 0. The van der Waals surface area contributed by atoms with Crippen molar-refractivity contribution in [1.29, 1.82) is 0 Å². The van der Waals surface area contributed by atoms with Gasteiger partial charge in [0, 0.05) is 6.42 Å². The first-order valence-electron chi connectivity index (χ1n) is 21.2. The highest BCUT2D eigenvalue weighted by atomic mass is 16.3. The molecule has 0 bridgehead atoms. The Morgan fingerprint density at radius 1 is 0.479 bits per heavy atom. The third-order valence-electron chi connectivity index (χ3n) is 9.60. The minimum Gasteiger partial charge on any atom is -0.394 e. The van der Waals surface area contributed by atoms with Crippen LogP contribution >= 0.6 is 0 Å². The molecule has 0 heterocycles. The van der Waals surface area contributed by atoms with E-state index in [1.54, 1.807) is 6.08 Å². The van der Waals surface area contributed by atoms with Gasteiger partial charge in [-0.15, -0.1) is 0 Å². The molecule has 0 saturated carbocycles. The van der Waals surface area contributed by atoms with E-state index in [1.807, 2.05) is 6.08 Å². The zero-order chi connectivity index (χ0) is 35.0. The van der Waals surface area contributed by atoms with Gasteiger partial charge in [-0.2, -0.15) is 0 Å². The third-order valence-corrected chi connectivity index (χ3v) is 9.60. The van der Waals surface area contributed by atoms with Crippen molar-refractivity contribution >= 4 is 5.91 Å². The van der Waals surface area contributed by atoms with Gasteiger partial charge in [0.15, 0.2) is 0 Å². The molecule has 2 unspecified atom stereocenters. The molecule has 0 saturated heterocycles. The number of aliphatic hydroxyl groups excluding tert-OH is 2. The van der Waals surface area contributed by atoms with Crippen LogP contribution in [0, 0.1) is 0 Å². The van der Waals surface area contributed by atoms with Crippen LogP contribution in [0.1, 0.15) is 219 Å². The van der Waals surface area contributed by atoms with Gasteiger partial charge in [0.2, 0.25) is 5.91 Å². The molecule has 0 aromatic rings. The molecule has 0 radical (unpaired) electrons. The lowest BCUT2D eigenvalue weighted by Crippen LogP contribution is -2.45. The summed E-state index contributed by atoms with van der Waals surface area (Å²) in [4.78, 5) is 12.3. The maximum absolute atomic E-state index is 12.3. The minimum atomic E-state index is -0.857. The predicted octanol–water partition coefficient (Wildman–Crippen LogP) is 13.0. The van der Waals surface area contributed by atoms with Gasteiger partial charge >= 0.3 is 0 Å². The fourth-order valence-electron chi connectivity index (χ4n) is 6.31. The lowest BCUT2D eigenvalue weighted by molar-refractivity contribution is -0.123. The Kier molecular flexibility index (Phi) is 38.9. The molecule has 4 nitrogen and oxygen atoms in total. The van der Waals surface area contributed by atoms with Gasteiger partial charge in [0.25, 0.3) is 0 Å². The standard InChI is InChI=1S/C44H83NO3/c1-3-5-7-9-11-13-14-15-16-17-18-19-20-21-22-23-24-25-26-27-28-29-30-32-34-36-38-40-44(48)45-42(41-46)43(47)39-37-35-33-31-12-10-8-6-4-2/h12,17-18,31,37,39,42-43,46-47H,3-11,13-16,19-30,32-36,38,40-41H2,1-2H3,(H,45,48)/b18-17-,31-12+,39-37+. The number of allylic oxidation sites excluding steroid dienone is 5. The first-order chi connectivity index (χ1) is 23.7. The van der Waals surface area contributed by atoms with Crippen molar-refractivity contribution in [2.24, 2.45) is 0 Å². The molecule has 0 aliphatic heterocycles. The molecule has 0 rings (SSSR count). The Morgan fingerprint density at radius 2 is 0.812 bits per heavy atom. The molecule has 282 valence electrons. The van der Waals surface area contributed by atoms with Crippen molar-refractivity contribution in [3.63, 3.8) is 0 Å². The average molecular weight is 674 g/mol. The van der Waals surface area contributed by atoms with Crippen molar-refractivity contribution in [3.05, 3.63) is 36.5 Å². The van der Waals surface area contributed by atoms with Gasteiger partial charge in [-0.1, -0.05) is 192 Å². The van der Waals surface area contributed by atoms with E-state index in [2.05, 4.69) is 43.5 Å². The molecular formula is C44H83NO3. The van der Waals surface area contributed by atoms with Gasteiger partial charge in [0.05, 0.1) is 18.8 Å². The quantitative estimate of drug-likeness (QED) is 0.0451. The molecule has 2 atom stereocenters. The number of hydrogen-bond donors (Lipinski definition) is 3. The van der Waals surface area contributed by atoms with Gasteiger partial charge in [-0.3, -0.25) is 4.79 Å². The monoisotopic (exact) mass is 674 g/mol. The summed E-state index contributed by atoms with van der Waals surface area (Å²) in [6.07, 6.45) is 52.7. The van der Waals surface area contributed by atoms with E-state index < -0.39 is 12.1 Å². The minimum absolute atomic E-state index is 0.0757. The average Bonchev–Trinajstić information content (AvgIpc) is 3.09. The van der Waals surface area contributed by atoms with Crippen LogP contribution in [0.25, 0.3) is 0 Å². The molecule has 0 aliphatic carbocycles. The van der Waals surface area contributed by atoms with Crippen LogP contribution in [-0.2, 0) is 4.79 Å². The summed E-state index contributed by atoms with van der Waals surface area (Å²) in [6.45, 7) is 4.25. The van der Waals surface area contributed by atoms with E-state index in [-0.39, 0.29) is 12.5 Å². The number of aliphatic hydroxyl groups is 2. The largest absolute Gasteiger partial charge is 0.394 e. The Balaban J connectivity index is 3.46. The summed E-state index contributed by atoms with van der Waals surface area (Å²) in [5, 5.41) is 22.8. The van der Waals surface area contributed by atoms with Gasteiger partial charge in [-0.25, -0.2) is 0 Å². The summed E-state index contributed by atoms with van der Waals surface area (Å²) in [7, 11) is 0. The highest BCUT2D eigenvalue weighted by Gasteiger charge is 2.17. The second-order valence-electron chi connectivity index (χ2n) is 14.4. The number of carbonyl (C=O) groups excluding carboxylic acids is 1. The normalized spacial score (nSPS) is 13.3. The fourth-order valence-corrected chi connectivity index (χ4v) is 6.31. The van der Waals surface area contributed by atoms with Crippen LogP contribution in [0.3, 0.4) is 0 Å². The maximum atomic E-state index is 12.3. The van der Waals surface area contributed by atoms with Crippen molar-refractivity contribution in [1.82, 2.24) is 5.32 Å². The topological polar surface area (TPSA) is 69.6 Å². The number of amides is 1. The van der Waals surface area contributed by atoms with Gasteiger partial charge in [-0.05, 0) is 57.8 Å². The van der Waals surface area contributed by atoms with E-state index in [0.717, 1.165) is 32.1 Å². The first-order valence-corrected chi connectivity index (χ1v) is 21.2. The molecule has 3 N–H and O–H groups in total. The molecule has 0 spiro atoms. The van der Waals surface area contributed by atoms with E-state index in [0.29, 0.717) is 6.42 Å². The first kappa shape index (κ1) is 46.6. The van der Waals surface area contributed by atoms with E-state index in [4.69, 9.17) is 0 Å². The molecule has 1 amide bonds. The van der Waals surface area contributed by atoms with Crippen LogP contribution in [0.2, 0.25) is 0 Å². The van der Waals surface area contributed by atoms with Crippen molar-refractivity contribution in [2.45, 2.75) is 231 Å². The lowest BCUT2D eigenvalue weighted by atomic mass is 10.0. The van der Waals surface area contributed by atoms with Crippen molar-refractivity contribution in [3.8, 4) is 0 Å². The zero-order valence-corrected chi connectivity index (χ0v) is 32.3. The Hall–Kier alpha value is -1.39. The van der Waals surface area contributed by atoms with Crippen molar-refractivity contribution in [2.75, 3.05) is 6.61 Å². The Bertz CT molecular complexity index is 731. The molecule has 0 aromatic heterocycles. The van der Waals surface area contributed by atoms with E-state index >= 15 is 0 Å². The summed E-state index contributed by atoms with van der Waals surface area (Å²) >= 11 is 0. The number of rotatable bonds is 38. The van der Waals surface area contributed by atoms with Gasteiger partial charge < -0.3 is 15.5 Å². The lowest BCUT2D eigenvalue weighted by Gasteiger charge is -2.19. The highest BCUT2D eigenvalue weighted by Crippen LogP contribution is 2.15. The summed E-state index contributed by atoms with van der Waals surface area (Å²) in [5.74, 6) is -0.0757. The number of carbonyl (C=O) groups is 1. The van der Waals surface area contributed by atoms with Crippen LogP contribution in [0.15, 0.2) is 36.5 Å². The third kappa shape index (κ3) is 35.9. The molecule has 0 aliphatic rings. The van der Waals surface area contributed by atoms with E-state index in [9.17, 15) is 15.0 Å². The van der Waals surface area contributed by atoms with Gasteiger partial charge in [0.1, 0.15) is 0 Å². The maximum Gasteiger partial charge on any atom is 0.220 e. The SMILES string of the molecule is CCCCC/C=C/CC/C=C/C(O)C(CO)NC(=O)CCCCCCCCCCCCCCCCC/C=C\CCCCCCCCCC. The van der Waals surface area contributed by atoms with Crippen LogP contribution in [0.5, 0.6) is 0 Å². The Morgan fingerprint density at radius 3 is 1.25 bits per heavy atom. The second kappa shape index (κ2) is 40.0. The van der Waals surface area contributed by atoms with Crippen LogP contribution < -0.4 is 5.32 Å². The fraction of sp³-hybridized carbons (Fsp3) is 0.841. The molecule has 0 fully saturated rings. The zero-order valence-electron chi connectivity index (χ0n) is 32.3. The molecule has 48 heavy (non-hydrogen) atoms. The Labute approximate surface area is 300 Å². The summed E-state index contributed by atoms with van der Waals surface area (Å²) < 4.78 is 0. The highest BCUT2D eigenvalue weighted by molar-refractivity contribution is 5.76. The van der Waals surface area contributed by atoms with Crippen LogP contribution in [0.4, 0.5) is 0 Å². The molecular weight excluding hydrogens is 590 g/mol. The second-order valence-corrected chi connectivity index (χ2v) is 14.4. The summed E-state index contributed by atoms with van der Waals surface area (Å²) in [6, 6.07) is -0.634. The number of unbranched alkanes of at least 4 members (excludes halogenated alkanes) is 27. The van der Waals surface area contributed by atoms with Crippen LogP contribution in [-0.4, -0.2) is 34.9 Å². The van der Waals surface area contributed by atoms with Crippen molar-refractivity contribution < 1.29 is 15.0 Å². The van der Waals surface area contributed by atoms with E-state index in [1.165, 1.54) is 167 Å². The predicted molar refractivity (Wildman–Crippen MR) is 212 cm³/mol.